The van der Waals surface area contributed by atoms with Gasteiger partial charge in [-0.05, 0) is 12.8 Å². The van der Waals surface area contributed by atoms with E-state index in [9.17, 15) is 0 Å². The van der Waals surface area contributed by atoms with Gasteiger partial charge in [-0.3, -0.25) is 4.40 Å². The van der Waals surface area contributed by atoms with Gasteiger partial charge in [0.25, 0.3) is 0 Å². The Hall–Kier alpha value is -1.16. The van der Waals surface area contributed by atoms with Crippen molar-refractivity contribution in [2.75, 3.05) is 0 Å². The third-order valence-electron chi connectivity index (χ3n) is 3.28. The van der Waals surface area contributed by atoms with E-state index in [4.69, 9.17) is 11.6 Å². The second-order valence-corrected chi connectivity index (χ2v) is 4.66. The van der Waals surface area contributed by atoms with Crippen LogP contribution >= 0.6 is 11.6 Å². The highest BCUT2D eigenvalue weighted by atomic mass is 35.5. The summed E-state index contributed by atoms with van der Waals surface area (Å²) in [4.78, 5) is 4.01. The average Bonchev–Trinajstić information content (AvgIpc) is 2.87. The Labute approximate surface area is 112 Å². The van der Waals surface area contributed by atoms with Gasteiger partial charge in [0.15, 0.2) is 10.8 Å². The zero-order chi connectivity index (χ0) is 13.0. The van der Waals surface area contributed by atoms with Crippen molar-refractivity contribution in [2.45, 2.75) is 51.9 Å². The van der Waals surface area contributed by atoms with Gasteiger partial charge in [0, 0.05) is 18.3 Å². The number of hydrogen-bond donors (Lipinski definition) is 0. The molecule has 1 aliphatic rings. The van der Waals surface area contributed by atoms with Gasteiger partial charge in [-0.25, -0.2) is 4.98 Å². The molecule has 1 aliphatic carbocycles. The zero-order valence-electron chi connectivity index (χ0n) is 10.9. The molecule has 0 unspecified atom stereocenters. The van der Waals surface area contributed by atoms with Gasteiger partial charge >= 0.3 is 0 Å². The van der Waals surface area contributed by atoms with E-state index >= 15 is 0 Å². The highest BCUT2D eigenvalue weighted by Gasteiger charge is 2.21. The van der Waals surface area contributed by atoms with Crippen molar-refractivity contribution in [3.05, 3.63) is 23.4 Å². The maximum atomic E-state index is 5.97. The molecule has 1 saturated carbocycles. The van der Waals surface area contributed by atoms with Crippen LogP contribution < -0.4 is 0 Å². The van der Waals surface area contributed by atoms with E-state index < -0.39 is 0 Å². The van der Waals surface area contributed by atoms with Crippen molar-refractivity contribution >= 4 is 17.2 Å². The van der Waals surface area contributed by atoms with E-state index in [1.807, 2.05) is 24.4 Å². The fraction of sp³-hybridized carbons (Fsp3) is 0.615. The molecule has 2 aromatic heterocycles. The zero-order valence-corrected chi connectivity index (χ0v) is 11.7. The molecule has 0 saturated heterocycles. The fourth-order valence-corrected chi connectivity index (χ4v) is 2.64. The predicted octanol–water partition coefficient (Wildman–Crippen LogP) is 3.85. The molecule has 3 rings (SSSR count). The van der Waals surface area contributed by atoms with Gasteiger partial charge < -0.3 is 0 Å². The molecule has 2 heterocycles. The highest BCUT2D eigenvalue weighted by molar-refractivity contribution is 6.32. The quantitative estimate of drug-likeness (QED) is 0.787. The molecule has 18 heavy (non-hydrogen) atoms. The third-order valence-corrected chi connectivity index (χ3v) is 3.55. The van der Waals surface area contributed by atoms with Gasteiger partial charge in [0.2, 0.25) is 0 Å². The summed E-state index contributed by atoms with van der Waals surface area (Å²) in [5.41, 5.74) is 0.671. The summed E-state index contributed by atoms with van der Waals surface area (Å²) in [6.07, 6.45) is 9.93. The summed E-state index contributed by atoms with van der Waals surface area (Å²) >= 11 is 5.97. The molecule has 0 atom stereocenters. The highest BCUT2D eigenvalue weighted by Crippen LogP contribution is 2.32. The van der Waals surface area contributed by atoms with Crippen LogP contribution in [-0.4, -0.2) is 19.6 Å². The largest absolute Gasteiger partial charge is 0.282 e. The Bertz CT molecular complexity index is 503. The molecule has 0 aromatic carbocycles. The third kappa shape index (κ3) is 2.48. The number of nitrogens with zero attached hydrogens (tertiary/aromatic N) is 4. The van der Waals surface area contributed by atoms with Gasteiger partial charge in [-0.1, -0.05) is 44.7 Å². The molecule has 5 heteroatoms. The minimum absolute atomic E-state index is 0.428. The summed E-state index contributed by atoms with van der Waals surface area (Å²) in [5, 5.41) is 8.81. The van der Waals surface area contributed by atoms with Gasteiger partial charge in [0.1, 0.15) is 5.82 Å². The van der Waals surface area contributed by atoms with Crippen LogP contribution in [0.15, 0.2) is 12.4 Å². The van der Waals surface area contributed by atoms with Crippen molar-refractivity contribution in [3.8, 4) is 0 Å². The molecule has 4 nitrogen and oxygen atoms in total. The van der Waals surface area contributed by atoms with Crippen LogP contribution in [0.5, 0.6) is 0 Å². The molecule has 1 fully saturated rings. The molecule has 0 spiro atoms. The first-order valence-corrected chi connectivity index (χ1v) is 7.09. The Kier molecular flexibility index (Phi) is 4.53. The van der Waals surface area contributed by atoms with Crippen LogP contribution in [0.4, 0.5) is 0 Å². The molecule has 0 amide bonds. The van der Waals surface area contributed by atoms with Crippen molar-refractivity contribution < 1.29 is 0 Å². The summed E-state index contributed by atoms with van der Waals surface area (Å²) in [5.74, 6) is 1.57. The summed E-state index contributed by atoms with van der Waals surface area (Å²) in [6, 6.07) is 0. The standard InChI is InChI=1S/C11H13ClN4.C2H6/c12-9-11-15-14-10(16(11)7-6-13-9)8-4-2-1-3-5-8;1-2/h6-8H,1-5H2;1-2H3. The van der Waals surface area contributed by atoms with Crippen LogP contribution in [0.3, 0.4) is 0 Å². The monoisotopic (exact) mass is 266 g/mol. The van der Waals surface area contributed by atoms with Gasteiger partial charge in [-0.2, -0.15) is 0 Å². The van der Waals surface area contributed by atoms with Crippen molar-refractivity contribution in [1.82, 2.24) is 19.6 Å². The number of rotatable bonds is 1. The lowest BCUT2D eigenvalue weighted by Crippen LogP contribution is -2.08. The molecule has 0 radical (unpaired) electrons. The predicted molar refractivity (Wildman–Crippen MR) is 73.0 cm³/mol. The Morgan fingerprint density at radius 3 is 2.61 bits per heavy atom. The van der Waals surface area contributed by atoms with Crippen molar-refractivity contribution in [1.29, 1.82) is 0 Å². The normalized spacial score (nSPS) is 16.4. The number of aromatic nitrogens is 4. The van der Waals surface area contributed by atoms with Crippen LogP contribution in [0.25, 0.3) is 5.65 Å². The smallest absolute Gasteiger partial charge is 0.198 e. The van der Waals surface area contributed by atoms with E-state index in [1.165, 1.54) is 32.1 Å². The minimum Gasteiger partial charge on any atom is -0.282 e. The maximum Gasteiger partial charge on any atom is 0.198 e. The van der Waals surface area contributed by atoms with Crippen LogP contribution in [0.2, 0.25) is 5.15 Å². The number of halogens is 1. The summed E-state index contributed by atoms with van der Waals surface area (Å²) in [7, 11) is 0. The van der Waals surface area contributed by atoms with Gasteiger partial charge in [0.05, 0.1) is 0 Å². The average molecular weight is 267 g/mol. The second-order valence-electron chi connectivity index (χ2n) is 4.30. The van der Waals surface area contributed by atoms with E-state index in [0.29, 0.717) is 16.7 Å². The van der Waals surface area contributed by atoms with Crippen LogP contribution in [0.1, 0.15) is 57.7 Å². The first kappa shape index (κ1) is 13.3. The van der Waals surface area contributed by atoms with Crippen LogP contribution in [-0.2, 0) is 0 Å². The molecular formula is C13H19ClN4. The molecule has 98 valence electrons. The van der Waals surface area contributed by atoms with Gasteiger partial charge in [-0.15, -0.1) is 10.2 Å². The number of fused-ring (bicyclic) bond motifs is 1. The minimum atomic E-state index is 0.428. The molecule has 2 aromatic rings. The summed E-state index contributed by atoms with van der Waals surface area (Å²) in [6.45, 7) is 4.00. The summed E-state index contributed by atoms with van der Waals surface area (Å²) < 4.78 is 1.98. The van der Waals surface area contributed by atoms with Crippen LogP contribution in [0, 0.1) is 0 Å². The number of hydrogen-bond acceptors (Lipinski definition) is 3. The van der Waals surface area contributed by atoms with E-state index in [-0.39, 0.29) is 0 Å². The second kappa shape index (κ2) is 6.14. The Balaban J connectivity index is 0.000000574. The first-order valence-electron chi connectivity index (χ1n) is 6.71. The lowest BCUT2D eigenvalue weighted by molar-refractivity contribution is 0.426. The van der Waals surface area contributed by atoms with E-state index in [0.717, 1.165) is 5.82 Å². The lowest BCUT2D eigenvalue weighted by Gasteiger charge is -2.19. The molecule has 0 bridgehead atoms. The SMILES string of the molecule is CC.Clc1nccn2c(C3CCCCC3)nnc12. The maximum absolute atomic E-state index is 5.97. The fourth-order valence-electron chi connectivity index (χ4n) is 2.45. The molecular weight excluding hydrogens is 248 g/mol. The molecule has 0 aliphatic heterocycles. The topological polar surface area (TPSA) is 43.1 Å². The Morgan fingerprint density at radius 2 is 1.89 bits per heavy atom. The Morgan fingerprint density at radius 1 is 1.17 bits per heavy atom. The van der Waals surface area contributed by atoms with Crippen molar-refractivity contribution in [2.24, 2.45) is 0 Å². The molecule has 0 N–H and O–H groups in total. The van der Waals surface area contributed by atoms with E-state index in [2.05, 4.69) is 15.2 Å². The van der Waals surface area contributed by atoms with Crippen molar-refractivity contribution in [3.63, 3.8) is 0 Å². The van der Waals surface area contributed by atoms with E-state index in [1.54, 1.807) is 6.20 Å². The lowest BCUT2D eigenvalue weighted by atomic mass is 9.89. The first-order chi connectivity index (χ1) is 8.86.